The van der Waals surface area contributed by atoms with Crippen molar-refractivity contribution in [2.45, 2.75) is 13.5 Å². The lowest BCUT2D eigenvalue weighted by molar-refractivity contribution is 0.409. The molecule has 0 aliphatic heterocycles. The lowest BCUT2D eigenvalue weighted by Gasteiger charge is -2.14. The van der Waals surface area contributed by atoms with Crippen LogP contribution >= 0.6 is 11.6 Å². The molecule has 0 heterocycles. The minimum absolute atomic E-state index is 0.640. The maximum Gasteiger partial charge on any atom is 0.142 e. The van der Waals surface area contributed by atoms with Crippen molar-refractivity contribution >= 4 is 17.3 Å². The molecule has 0 unspecified atom stereocenters. The summed E-state index contributed by atoms with van der Waals surface area (Å²) in [5.41, 5.74) is 3.15. The Morgan fingerprint density at radius 3 is 2.40 bits per heavy atom. The van der Waals surface area contributed by atoms with Crippen LogP contribution in [0.1, 0.15) is 11.1 Å². The largest absolute Gasteiger partial charge is 0.496 e. The van der Waals surface area contributed by atoms with Crippen molar-refractivity contribution in [2.24, 2.45) is 0 Å². The summed E-state index contributed by atoms with van der Waals surface area (Å²) in [7, 11) is 3.32. The molecule has 0 saturated heterocycles. The van der Waals surface area contributed by atoms with Crippen LogP contribution in [0, 0.1) is 6.92 Å². The molecular weight excluding hydrogens is 274 g/mol. The predicted molar refractivity (Wildman–Crippen MR) is 83.1 cm³/mol. The number of rotatable bonds is 5. The predicted octanol–water partition coefficient (Wildman–Crippen LogP) is 4.28. The molecule has 0 aliphatic rings. The molecule has 106 valence electrons. The third-order valence-corrected chi connectivity index (χ3v) is 3.30. The van der Waals surface area contributed by atoms with Gasteiger partial charge in [-0.05, 0) is 31.2 Å². The fourth-order valence-electron chi connectivity index (χ4n) is 2.05. The van der Waals surface area contributed by atoms with E-state index in [-0.39, 0.29) is 0 Å². The summed E-state index contributed by atoms with van der Waals surface area (Å²) in [4.78, 5) is 0. The van der Waals surface area contributed by atoms with Gasteiger partial charge in [0.1, 0.15) is 11.5 Å². The number of benzene rings is 2. The average molecular weight is 292 g/mol. The van der Waals surface area contributed by atoms with Crippen molar-refractivity contribution in [3.8, 4) is 11.5 Å². The van der Waals surface area contributed by atoms with Gasteiger partial charge in [-0.15, -0.1) is 0 Å². The first kappa shape index (κ1) is 14.5. The van der Waals surface area contributed by atoms with Crippen LogP contribution in [0.3, 0.4) is 0 Å². The molecule has 0 aromatic heterocycles. The molecule has 0 bridgehead atoms. The summed E-state index contributed by atoms with van der Waals surface area (Å²) in [6.45, 7) is 2.70. The zero-order valence-corrected chi connectivity index (χ0v) is 12.6. The molecule has 2 aromatic carbocycles. The number of ether oxygens (including phenoxy) is 2. The van der Waals surface area contributed by atoms with E-state index in [1.165, 1.54) is 5.56 Å². The number of hydrogen-bond donors (Lipinski definition) is 1. The SMILES string of the molecule is COc1ccc(C)cc1CNc1cc(Cl)ccc1OC. The molecule has 0 aliphatic carbocycles. The Morgan fingerprint density at radius 1 is 1.00 bits per heavy atom. The van der Waals surface area contributed by atoms with Crippen molar-refractivity contribution in [3.63, 3.8) is 0 Å². The molecule has 0 atom stereocenters. The number of hydrogen-bond acceptors (Lipinski definition) is 3. The van der Waals surface area contributed by atoms with Crippen LogP contribution in [-0.4, -0.2) is 14.2 Å². The summed E-state index contributed by atoms with van der Waals surface area (Å²) in [5, 5.41) is 4.00. The van der Waals surface area contributed by atoms with Gasteiger partial charge in [-0.3, -0.25) is 0 Å². The van der Waals surface area contributed by atoms with Crippen LogP contribution in [-0.2, 0) is 6.54 Å². The van der Waals surface area contributed by atoms with Gasteiger partial charge in [0.25, 0.3) is 0 Å². The van der Waals surface area contributed by atoms with Gasteiger partial charge in [-0.1, -0.05) is 29.3 Å². The number of anilines is 1. The van der Waals surface area contributed by atoms with Crippen molar-refractivity contribution < 1.29 is 9.47 Å². The molecule has 3 nitrogen and oxygen atoms in total. The third kappa shape index (κ3) is 3.36. The summed E-state index contributed by atoms with van der Waals surface area (Å²) >= 11 is 6.02. The number of aryl methyl sites for hydroxylation is 1. The lowest BCUT2D eigenvalue weighted by atomic mass is 10.1. The Morgan fingerprint density at radius 2 is 1.70 bits per heavy atom. The Labute approximate surface area is 124 Å². The van der Waals surface area contributed by atoms with Gasteiger partial charge in [-0.25, -0.2) is 0 Å². The van der Waals surface area contributed by atoms with Crippen LogP contribution in [0.25, 0.3) is 0 Å². The van der Waals surface area contributed by atoms with Gasteiger partial charge in [0.2, 0.25) is 0 Å². The van der Waals surface area contributed by atoms with Gasteiger partial charge in [0.15, 0.2) is 0 Å². The Bertz CT molecular complexity index is 546. The van der Waals surface area contributed by atoms with Gasteiger partial charge >= 0.3 is 0 Å². The fourth-order valence-corrected chi connectivity index (χ4v) is 2.23. The first-order valence-corrected chi connectivity index (χ1v) is 6.72. The second-order valence-electron chi connectivity index (χ2n) is 4.51. The summed E-state index contributed by atoms with van der Waals surface area (Å²) in [5.74, 6) is 1.63. The first-order valence-electron chi connectivity index (χ1n) is 6.35. The second kappa shape index (κ2) is 6.53. The highest BCUT2D eigenvalue weighted by molar-refractivity contribution is 6.30. The third-order valence-electron chi connectivity index (χ3n) is 3.07. The van der Waals surface area contributed by atoms with Gasteiger partial charge in [0.05, 0.1) is 19.9 Å². The van der Waals surface area contributed by atoms with E-state index in [1.807, 2.05) is 24.3 Å². The maximum atomic E-state index is 6.02. The molecule has 2 rings (SSSR count). The van der Waals surface area contributed by atoms with E-state index >= 15 is 0 Å². The highest BCUT2D eigenvalue weighted by Crippen LogP contribution is 2.29. The number of methoxy groups -OCH3 is 2. The standard InChI is InChI=1S/C16H18ClNO2/c1-11-4-6-15(19-2)12(8-11)10-18-14-9-13(17)5-7-16(14)20-3/h4-9,18H,10H2,1-3H3. The molecular formula is C16H18ClNO2. The quantitative estimate of drug-likeness (QED) is 0.892. The summed E-state index contributed by atoms with van der Waals surface area (Å²) in [6.07, 6.45) is 0. The van der Waals surface area contributed by atoms with Gasteiger partial charge in [0, 0.05) is 17.1 Å². The maximum absolute atomic E-state index is 6.02. The molecule has 0 fully saturated rings. The van der Waals surface area contributed by atoms with E-state index in [1.54, 1.807) is 20.3 Å². The minimum Gasteiger partial charge on any atom is -0.496 e. The average Bonchev–Trinajstić information content (AvgIpc) is 2.45. The van der Waals surface area contributed by atoms with Crippen LogP contribution in [0.2, 0.25) is 5.02 Å². The van der Waals surface area contributed by atoms with Gasteiger partial charge in [-0.2, -0.15) is 0 Å². The van der Waals surface area contributed by atoms with Crippen molar-refractivity contribution in [2.75, 3.05) is 19.5 Å². The van der Waals surface area contributed by atoms with Crippen molar-refractivity contribution in [3.05, 3.63) is 52.5 Å². The lowest BCUT2D eigenvalue weighted by Crippen LogP contribution is -2.03. The van der Waals surface area contributed by atoms with Crippen LogP contribution < -0.4 is 14.8 Å². The van der Waals surface area contributed by atoms with E-state index in [0.717, 1.165) is 22.7 Å². The Hall–Kier alpha value is -1.87. The van der Waals surface area contributed by atoms with Crippen LogP contribution in [0.15, 0.2) is 36.4 Å². The van der Waals surface area contributed by atoms with Crippen LogP contribution in [0.4, 0.5) is 5.69 Å². The highest BCUT2D eigenvalue weighted by atomic mass is 35.5. The van der Waals surface area contributed by atoms with Gasteiger partial charge < -0.3 is 14.8 Å². The van der Waals surface area contributed by atoms with E-state index in [2.05, 4.69) is 18.3 Å². The molecule has 20 heavy (non-hydrogen) atoms. The summed E-state index contributed by atoms with van der Waals surface area (Å²) < 4.78 is 10.7. The van der Waals surface area contributed by atoms with Crippen molar-refractivity contribution in [1.82, 2.24) is 0 Å². The minimum atomic E-state index is 0.640. The Balaban J connectivity index is 2.20. The molecule has 4 heteroatoms. The Kier molecular flexibility index (Phi) is 4.74. The fraction of sp³-hybridized carbons (Fsp3) is 0.250. The van der Waals surface area contributed by atoms with Crippen LogP contribution in [0.5, 0.6) is 11.5 Å². The zero-order valence-electron chi connectivity index (χ0n) is 11.9. The van der Waals surface area contributed by atoms with E-state index < -0.39 is 0 Å². The molecule has 2 aromatic rings. The topological polar surface area (TPSA) is 30.5 Å². The molecule has 0 saturated carbocycles. The smallest absolute Gasteiger partial charge is 0.142 e. The molecule has 0 amide bonds. The molecule has 1 N–H and O–H groups in total. The summed E-state index contributed by atoms with van der Waals surface area (Å²) in [6, 6.07) is 11.6. The zero-order chi connectivity index (χ0) is 14.5. The van der Waals surface area contributed by atoms with Crippen molar-refractivity contribution in [1.29, 1.82) is 0 Å². The number of nitrogens with one attached hydrogen (secondary N) is 1. The monoisotopic (exact) mass is 291 g/mol. The normalized spacial score (nSPS) is 10.2. The highest BCUT2D eigenvalue weighted by Gasteiger charge is 2.06. The van der Waals surface area contributed by atoms with E-state index in [4.69, 9.17) is 21.1 Å². The first-order chi connectivity index (χ1) is 9.63. The molecule has 0 spiro atoms. The van der Waals surface area contributed by atoms with E-state index in [9.17, 15) is 0 Å². The molecule has 0 radical (unpaired) electrons. The second-order valence-corrected chi connectivity index (χ2v) is 4.95. The van der Waals surface area contributed by atoms with E-state index in [0.29, 0.717) is 11.6 Å². The number of halogens is 1.